The van der Waals surface area contributed by atoms with Gasteiger partial charge in [0.1, 0.15) is 0 Å². The number of carbonyl (C=O) groups is 1. The van der Waals surface area contributed by atoms with E-state index in [1.54, 1.807) is 0 Å². The zero-order valence-electron chi connectivity index (χ0n) is 11.1. The van der Waals surface area contributed by atoms with E-state index in [1.807, 2.05) is 7.28 Å². The maximum Gasteiger partial charge on any atom is 0.206 e. The molecule has 3 fully saturated rings. The van der Waals surface area contributed by atoms with Crippen LogP contribution in [0, 0.1) is 11.3 Å². The summed E-state index contributed by atoms with van der Waals surface area (Å²) in [6, 6.07) is 8.78. The van der Waals surface area contributed by atoms with Crippen LogP contribution in [0.2, 0.25) is 5.82 Å². The SMILES string of the molecule is CC12Cc3ccccc3C1(C)C1CCC2[B]C1=O. The summed E-state index contributed by atoms with van der Waals surface area (Å²) in [5.74, 6) is 0.698. The van der Waals surface area contributed by atoms with Gasteiger partial charge >= 0.3 is 0 Å². The van der Waals surface area contributed by atoms with Crippen molar-refractivity contribution in [2.24, 2.45) is 11.3 Å². The Labute approximate surface area is 109 Å². The Morgan fingerprint density at radius 3 is 2.78 bits per heavy atom. The van der Waals surface area contributed by atoms with Gasteiger partial charge in [0, 0.05) is 11.3 Å². The number of hydrogen-bond acceptors (Lipinski definition) is 1. The summed E-state index contributed by atoms with van der Waals surface area (Å²) in [6.45, 7) is 4.76. The van der Waals surface area contributed by atoms with Gasteiger partial charge in [-0.05, 0) is 29.4 Å². The van der Waals surface area contributed by atoms with Crippen LogP contribution in [0.25, 0.3) is 0 Å². The second-order valence-electron chi connectivity index (χ2n) is 6.76. The van der Waals surface area contributed by atoms with E-state index in [-0.39, 0.29) is 16.7 Å². The normalized spacial score (nSPS) is 44.4. The van der Waals surface area contributed by atoms with E-state index < -0.39 is 0 Å². The number of fused-ring (bicyclic) bond motifs is 3. The number of hydrogen-bond donors (Lipinski definition) is 0. The smallest absolute Gasteiger partial charge is 0.206 e. The molecule has 2 aliphatic heterocycles. The summed E-state index contributed by atoms with van der Waals surface area (Å²) in [5.41, 5.74) is 3.65. The fourth-order valence-corrected chi connectivity index (χ4v) is 5.13. The van der Waals surface area contributed by atoms with Gasteiger partial charge in [-0.25, -0.2) is 0 Å². The second kappa shape index (κ2) is 3.09. The van der Waals surface area contributed by atoms with Gasteiger partial charge in [0.05, 0.1) is 5.68 Å². The van der Waals surface area contributed by atoms with Gasteiger partial charge in [-0.2, -0.15) is 0 Å². The fourth-order valence-electron chi connectivity index (χ4n) is 5.13. The van der Waals surface area contributed by atoms with Gasteiger partial charge in [-0.15, -0.1) is 0 Å². The Hall–Kier alpha value is -1.05. The molecule has 1 radical (unpaired) electrons. The molecule has 2 heteroatoms. The standard InChI is InChI=1S/C16H18BO/c1-15-9-10-5-3-4-6-11(10)16(15,2)12-7-8-13(15)17-14(12)18/h3-6,12-13H,7-9H2,1-2H3. The van der Waals surface area contributed by atoms with Gasteiger partial charge in [0.25, 0.3) is 0 Å². The van der Waals surface area contributed by atoms with Crippen molar-refractivity contribution in [2.45, 2.75) is 44.3 Å². The molecular weight excluding hydrogens is 219 g/mol. The van der Waals surface area contributed by atoms with Crippen LogP contribution in [-0.4, -0.2) is 13.0 Å². The van der Waals surface area contributed by atoms with Crippen molar-refractivity contribution in [3.63, 3.8) is 0 Å². The lowest BCUT2D eigenvalue weighted by atomic mass is 9.31. The van der Waals surface area contributed by atoms with Crippen molar-refractivity contribution in [2.75, 3.05) is 0 Å². The van der Waals surface area contributed by atoms with Gasteiger partial charge in [-0.1, -0.05) is 50.4 Å². The molecule has 0 amide bonds. The highest BCUT2D eigenvalue weighted by atomic mass is 16.1. The molecule has 2 bridgehead atoms. The first kappa shape index (κ1) is 10.8. The average molecular weight is 237 g/mol. The van der Waals surface area contributed by atoms with Crippen molar-refractivity contribution in [3.8, 4) is 0 Å². The van der Waals surface area contributed by atoms with E-state index in [9.17, 15) is 4.79 Å². The summed E-state index contributed by atoms with van der Waals surface area (Å²) in [5, 5.41) is 0. The molecule has 0 spiro atoms. The monoisotopic (exact) mass is 237 g/mol. The molecule has 1 nitrogen and oxygen atoms in total. The van der Waals surface area contributed by atoms with Crippen LogP contribution in [0.5, 0.6) is 0 Å². The Morgan fingerprint density at radius 2 is 2.00 bits per heavy atom. The molecule has 2 saturated heterocycles. The Kier molecular flexibility index (Phi) is 1.86. The summed E-state index contributed by atoms with van der Waals surface area (Å²) < 4.78 is 0. The van der Waals surface area contributed by atoms with Gasteiger partial charge < -0.3 is 4.79 Å². The third-order valence-electron chi connectivity index (χ3n) is 6.31. The summed E-state index contributed by atoms with van der Waals surface area (Å²) in [7, 11) is 2.04. The largest absolute Gasteiger partial charge is 0.312 e. The quantitative estimate of drug-likeness (QED) is 0.634. The zero-order valence-corrected chi connectivity index (χ0v) is 11.1. The topological polar surface area (TPSA) is 17.1 Å². The number of benzene rings is 1. The molecule has 4 aliphatic rings. The minimum atomic E-state index is 0.0678. The van der Waals surface area contributed by atoms with Crippen molar-refractivity contribution in [1.82, 2.24) is 0 Å². The molecule has 4 atom stereocenters. The van der Waals surface area contributed by atoms with E-state index in [0.717, 1.165) is 12.8 Å². The Morgan fingerprint density at radius 1 is 1.22 bits per heavy atom. The minimum absolute atomic E-state index is 0.0678. The number of rotatable bonds is 0. The third kappa shape index (κ3) is 0.964. The van der Waals surface area contributed by atoms with Crippen LogP contribution < -0.4 is 0 Å². The summed E-state index contributed by atoms with van der Waals surface area (Å²) in [6.07, 6.45) is 3.43. The predicted molar refractivity (Wildman–Crippen MR) is 72.8 cm³/mol. The van der Waals surface area contributed by atoms with Crippen LogP contribution in [0.1, 0.15) is 37.8 Å². The van der Waals surface area contributed by atoms with Crippen LogP contribution in [0.3, 0.4) is 0 Å². The maximum atomic E-state index is 12.3. The van der Waals surface area contributed by atoms with Crippen LogP contribution in [0.4, 0.5) is 0 Å². The van der Waals surface area contributed by atoms with E-state index >= 15 is 0 Å². The van der Waals surface area contributed by atoms with E-state index in [0.29, 0.717) is 11.5 Å². The fraction of sp³-hybridized carbons (Fsp3) is 0.562. The second-order valence-corrected chi connectivity index (χ2v) is 6.76. The first-order valence-corrected chi connectivity index (χ1v) is 7.04. The third-order valence-corrected chi connectivity index (χ3v) is 6.31. The minimum Gasteiger partial charge on any atom is -0.312 e. The Bertz CT molecular complexity index is 552. The van der Waals surface area contributed by atoms with E-state index in [2.05, 4.69) is 38.1 Å². The first-order valence-electron chi connectivity index (χ1n) is 7.04. The predicted octanol–water partition coefficient (Wildman–Crippen LogP) is 2.95. The molecule has 5 rings (SSSR count). The molecule has 0 N–H and O–H groups in total. The van der Waals surface area contributed by atoms with Gasteiger partial charge in [0.15, 0.2) is 0 Å². The van der Waals surface area contributed by atoms with Gasteiger partial charge in [0.2, 0.25) is 7.28 Å². The molecule has 18 heavy (non-hydrogen) atoms. The lowest BCUT2D eigenvalue weighted by Crippen LogP contribution is -2.60. The zero-order chi connectivity index (χ0) is 12.5. The first-order chi connectivity index (χ1) is 8.57. The Balaban J connectivity index is 1.99. The van der Waals surface area contributed by atoms with Crippen molar-refractivity contribution < 1.29 is 4.79 Å². The molecule has 2 heterocycles. The lowest BCUT2D eigenvalue weighted by Gasteiger charge is -2.59. The van der Waals surface area contributed by atoms with Gasteiger partial charge in [-0.3, -0.25) is 0 Å². The van der Waals surface area contributed by atoms with E-state index in [1.165, 1.54) is 17.5 Å². The average Bonchev–Trinajstić information content (AvgIpc) is 2.61. The molecule has 1 aromatic carbocycles. The lowest BCUT2D eigenvalue weighted by molar-refractivity contribution is -0.124. The van der Waals surface area contributed by atoms with Crippen LogP contribution in [-0.2, 0) is 16.6 Å². The molecule has 1 saturated carbocycles. The summed E-state index contributed by atoms with van der Waals surface area (Å²) >= 11 is 0. The molecule has 91 valence electrons. The van der Waals surface area contributed by atoms with Crippen molar-refractivity contribution in [1.29, 1.82) is 0 Å². The summed E-state index contributed by atoms with van der Waals surface area (Å²) in [4.78, 5) is 12.3. The highest BCUT2D eigenvalue weighted by Gasteiger charge is 2.65. The van der Waals surface area contributed by atoms with Crippen LogP contribution in [0.15, 0.2) is 24.3 Å². The maximum absolute atomic E-state index is 12.3. The highest BCUT2D eigenvalue weighted by Crippen LogP contribution is 2.67. The molecular formula is C16H18BO. The van der Waals surface area contributed by atoms with Crippen molar-refractivity contribution in [3.05, 3.63) is 35.4 Å². The molecule has 1 aromatic rings. The van der Waals surface area contributed by atoms with Crippen molar-refractivity contribution >= 4 is 13.0 Å². The van der Waals surface area contributed by atoms with E-state index in [4.69, 9.17) is 0 Å². The molecule has 4 unspecified atom stereocenters. The molecule has 0 aromatic heterocycles. The molecule has 2 aliphatic carbocycles. The highest BCUT2D eigenvalue weighted by molar-refractivity contribution is 6.76. The number of carbonyl (C=O) groups excluding carboxylic acids is 1. The van der Waals surface area contributed by atoms with Crippen LogP contribution >= 0.6 is 0 Å².